The highest BCUT2D eigenvalue weighted by Gasteiger charge is 2.22. The fourth-order valence-electron chi connectivity index (χ4n) is 2.95. The Morgan fingerprint density at radius 1 is 1.23 bits per heavy atom. The fourth-order valence-corrected chi connectivity index (χ4v) is 3.20. The first-order chi connectivity index (χ1) is 14.1. The lowest BCUT2D eigenvalue weighted by atomic mass is 9.86. The number of aliphatic imine (C=N–C) groups is 1. The summed E-state index contributed by atoms with van der Waals surface area (Å²) in [6.07, 6.45) is 1.98. The monoisotopic (exact) mass is 431 g/mol. The highest BCUT2D eigenvalue weighted by molar-refractivity contribution is 6.33. The molecule has 7 heteroatoms. The molecule has 1 aromatic carbocycles. The van der Waals surface area contributed by atoms with Crippen molar-refractivity contribution in [1.29, 1.82) is 0 Å². The molecular formula is C23H30ClN3O3. The SMILES string of the molecule is CCC(=O)OCO/C(=C(/C=NC)c1ccc(C(C)(C)C)cc1)c1c(Cl)c(C)nn1C. The summed E-state index contributed by atoms with van der Waals surface area (Å²) in [4.78, 5) is 15.8. The minimum atomic E-state index is -0.345. The van der Waals surface area contributed by atoms with E-state index in [-0.39, 0.29) is 24.6 Å². The molecule has 1 heterocycles. The standard InChI is InChI=1S/C23H30ClN3O3/c1-8-19(28)29-14-30-22(21-20(24)15(2)26-27(21)7)18(13-25-6)16-9-11-17(12-10-16)23(3,4)5/h9-13H,8,14H2,1-7H3/b22-18-,25-13?. The van der Waals surface area contributed by atoms with Gasteiger partial charge in [0.1, 0.15) is 5.69 Å². The van der Waals surface area contributed by atoms with Gasteiger partial charge in [0.15, 0.2) is 5.76 Å². The Balaban J connectivity index is 2.63. The van der Waals surface area contributed by atoms with Crippen molar-refractivity contribution in [1.82, 2.24) is 9.78 Å². The van der Waals surface area contributed by atoms with Gasteiger partial charge in [0.2, 0.25) is 6.79 Å². The van der Waals surface area contributed by atoms with E-state index in [9.17, 15) is 4.79 Å². The van der Waals surface area contributed by atoms with Gasteiger partial charge in [-0.2, -0.15) is 5.10 Å². The van der Waals surface area contributed by atoms with Crippen LogP contribution in [-0.4, -0.2) is 35.8 Å². The number of carbonyl (C=O) groups excluding carboxylic acids is 1. The molecule has 2 rings (SSSR count). The summed E-state index contributed by atoms with van der Waals surface area (Å²) in [6.45, 7) is 9.82. The van der Waals surface area contributed by atoms with E-state index in [0.717, 1.165) is 11.1 Å². The molecule has 0 aliphatic heterocycles. The van der Waals surface area contributed by atoms with Crippen LogP contribution in [0.5, 0.6) is 0 Å². The average Bonchev–Trinajstić information content (AvgIpc) is 2.95. The van der Waals surface area contributed by atoms with Crippen molar-refractivity contribution < 1.29 is 14.3 Å². The second kappa shape index (κ2) is 9.94. The number of benzene rings is 1. The third-order valence-electron chi connectivity index (χ3n) is 4.64. The molecule has 0 N–H and O–H groups in total. The van der Waals surface area contributed by atoms with Crippen molar-refractivity contribution in [3.8, 4) is 0 Å². The number of hydrogen-bond acceptors (Lipinski definition) is 5. The van der Waals surface area contributed by atoms with Crippen LogP contribution in [0.1, 0.15) is 56.6 Å². The summed E-state index contributed by atoms with van der Waals surface area (Å²) in [7, 11) is 3.48. The maximum Gasteiger partial charge on any atom is 0.308 e. The molecule has 0 unspecified atom stereocenters. The Bertz CT molecular complexity index is 951. The van der Waals surface area contributed by atoms with Gasteiger partial charge in [0, 0.05) is 32.3 Å². The summed E-state index contributed by atoms with van der Waals surface area (Å²) >= 11 is 6.54. The third-order valence-corrected chi connectivity index (χ3v) is 5.09. The molecule has 0 spiro atoms. The van der Waals surface area contributed by atoms with E-state index in [4.69, 9.17) is 21.1 Å². The van der Waals surface area contributed by atoms with Crippen molar-refractivity contribution in [2.24, 2.45) is 12.0 Å². The summed E-state index contributed by atoms with van der Waals surface area (Å²) in [5, 5.41) is 4.87. The largest absolute Gasteiger partial charge is 0.454 e. The third kappa shape index (κ3) is 5.51. The van der Waals surface area contributed by atoms with Crippen LogP contribution in [0.2, 0.25) is 5.02 Å². The molecule has 0 bridgehead atoms. The van der Waals surface area contributed by atoms with Gasteiger partial charge in [-0.1, -0.05) is 63.6 Å². The molecule has 6 nitrogen and oxygen atoms in total. The van der Waals surface area contributed by atoms with E-state index in [1.807, 2.05) is 19.1 Å². The Morgan fingerprint density at radius 3 is 2.33 bits per heavy atom. The molecule has 0 aliphatic carbocycles. The number of allylic oxidation sites excluding steroid dienone is 1. The first kappa shape index (κ1) is 23.7. The van der Waals surface area contributed by atoms with E-state index in [1.54, 1.807) is 31.9 Å². The first-order valence-corrected chi connectivity index (χ1v) is 10.2. The number of rotatable bonds is 7. The average molecular weight is 432 g/mol. The molecule has 30 heavy (non-hydrogen) atoms. The maximum absolute atomic E-state index is 11.6. The van der Waals surface area contributed by atoms with Crippen molar-refractivity contribution in [2.45, 2.75) is 46.5 Å². The molecule has 0 fully saturated rings. The Morgan fingerprint density at radius 2 is 1.87 bits per heavy atom. The van der Waals surface area contributed by atoms with Gasteiger partial charge in [-0.05, 0) is 23.5 Å². The minimum absolute atomic E-state index is 0.0391. The zero-order valence-corrected chi connectivity index (χ0v) is 19.5. The molecule has 0 saturated carbocycles. The number of aromatic nitrogens is 2. The smallest absolute Gasteiger partial charge is 0.308 e. The zero-order chi connectivity index (χ0) is 22.5. The molecule has 0 saturated heterocycles. The first-order valence-electron chi connectivity index (χ1n) is 9.85. The number of hydrogen-bond donors (Lipinski definition) is 0. The van der Waals surface area contributed by atoms with Crippen molar-refractivity contribution >= 4 is 35.1 Å². The Kier molecular flexibility index (Phi) is 7.84. The van der Waals surface area contributed by atoms with Crippen LogP contribution in [0.3, 0.4) is 0 Å². The van der Waals surface area contributed by atoms with Crippen LogP contribution in [-0.2, 0) is 26.7 Å². The number of esters is 1. The predicted octanol–water partition coefficient (Wildman–Crippen LogP) is 5.18. The predicted molar refractivity (Wildman–Crippen MR) is 122 cm³/mol. The van der Waals surface area contributed by atoms with E-state index in [0.29, 0.717) is 22.2 Å². The molecular weight excluding hydrogens is 402 g/mol. The number of nitrogens with zero attached hydrogens (tertiary/aromatic N) is 3. The van der Waals surface area contributed by atoms with E-state index >= 15 is 0 Å². The molecule has 162 valence electrons. The minimum Gasteiger partial charge on any atom is -0.454 e. The van der Waals surface area contributed by atoms with Crippen LogP contribution in [0.4, 0.5) is 0 Å². The second-order valence-corrected chi connectivity index (χ2v) is 8.34. The highest BCUT2D eigenvalue weighted by Crippen LogP contribution is 2.33. The van der Waals surface area contributed by atoms with E-state index in [1.165, 1.54) is 5.56 Å². The van der Waals surface area contributed by atoms with Crippen molar-refractivity contribution in [3.63, 3.8) is 0 Å². The molecule has 1 aromatic heterocycles. The van der Waals surface area contributed by atoms with Gasteiger partial charge in [0.05, 0.1) is 10.7 Å². The van der Waals surface area contributed by atoms with Crippen LogP contribution in [0.15, 0.2) is 29.3 Å². The highest BCUT2D eigenvalue weighted by atomic mass is 35.5. The van der Waals surface area contributed by atoms with Crippen LogP contribution < -0.4 is 0 Å². The summed E-state index contributed by atoms with van der Waals surface area (Å²) in [5.41, 5.74) is 4.15. The Labute approximate surface area is 183 Å². The lowest BCUT2D eigenvalue weighted by molar-refractivity contribution is -0.151. The van der Waals surface area contributed by atoms with Gasteiger partial charge in [0.25, 0.3) is 0 Å². The van der Waals surface area contributed by atoms with E-state index in [2.05, 4.69) is 43.0 Å². The van der Waals surface area contributed by atoms with Crippen LogP contribution in [0, 0.1) is 6.92 Å². The van der Waals surface area contributed by atoms with Gasteiger partial charge in [-0.15, -0.1) is 0 Å². The molecule has 0 atom stereocenters. The van der Waals surface area contributed by atoms with Gasteiger partial charge in [-0.25, -0.2) is 0 Å². The zero-order valence-electron chi connectivity index (χ0n) is 18.7. The fraction of sp³-hybridized carbons (Fsp3) is 0.435. The van der Waals surface area contributed by atoms with Crippen LogP contribution in [0.25, 0.3) is 11.3 Å². The van der Waals surface area contributed by atoms with Crippen LogP contribution >= 0.6 is 11.6 Å². The topological polar surface area (TPSA) is 65.7 Å². The maximum atomic E-state index is 11.6. The van der Waals surface area contributed by atoms with Crippen molar-refractivity contribution in [2.75, 3.05) is 13.8 Å². The number of ether oxygens (including phenoxy) is 2. The van der Waals surface area contributed by atoms with E-state index < -0.39 is 0 Å². The quantitative estimate of drug-likeness (QED) is 0.262. The molecule has 2 aromatic rings. The number of carbonyl (C=O) groups is 1. The van der Waals surface area contributed by atoms with Gasteiger partial charge in [-0.3, -0.25) is 14.5 Å². The Hall–Kier alpha value is -2.60. The summed E-state index contributed by atoms with van der Waals surface area (Å²) in [5.74, 6) is 0.1000. The molecule has 0 radical (unpaired) electrons. The van der Waals surface area contributed by atoms with Gasteiger partial charge < -0.3 is 9.47 Å². The number of aryl methyl sites for hydroxylation is 2. The lowest BCUT2D eigenvalue weighted by Crippen LogP contribution is -2.12. The normalized spacial score (nSPS) is 12.8. The molecule has 0 amide bonds. The molecule has 0 aliphatic rings. The van der Waals surface area contributed by atoms with Crippen molar-refractivity contribution in [3.05, 3.63) is 51.8 Å². The van der Waals surface area contributed by atoms with Gasteiger partial charge >= 0.3 is 5.97 Å². The second-order valence-electron chi connectivity index (χ2n) is 7.96. The lowest BCUT2D eigenvalue weighted by Gasteiger charge is -2.20. The number of halogens is 1. The summed E-state index contributed by atoms with van der Waals surface area (Å²) < 4.78 is 12.7. The summed E-state index contributed by atoms with van der Waals surface area (Å²) in [6, 6.07) is 8.22.